The fraction of sp³-hybridized carbons (Fsp3) is 0.316. The van der Waals surface area contributed by atoms with Crippen molar-refractivity contribution < 1.29 is 18.3 Å². The fourth-order valence-corrected chi connectivity index (χ4v) is 2.68. The average molecular weight is 346 g/mol. The van der Waals surface area contributed by atoms with Crippen molar-refractivity contribution in [2.24, 2.45) is 0 Å². The fourth-order valence-electron chi connectivity index (χ4n) is 2.68. The van der Waals surface area contributed by atoms with E-state index < -0.39 is 6.61 Å². The largest absolute Gasteiger partial charge is 0.435 e. The second-order valence-corrected chi connectivity index (χ2v) is 6.07. The van der Waals surface area contributed by atoms with E-state index in [0.717, 1.165) is 19.4 Å². The maximum Gasteiger partial charge on any atom is 0.387 e. The maximum absolute atomic E-state index is 12.3. The van der Waals surface area contributed by atoms with Crippen LogP contribution in [-0.2, 0) is 11.3 Å². The summed E-state index contributed by atoms with van der Waals surface area (Å²) in [5.74, 6) is -0.0537. The summed E-state index contributed by atoms with van der Waals surface area (Å²) in [4.78, 5) is 14.5. The smallest absolute Gasteiger partial charge is 0.387 e. The molecular formula is C19H20F2N2O2. The van der Waals surface area contributed by atoms with Crippen molar-refractivity contribution >= 4 is 11.6 Å². The molecule has 0 unspecified atom stereocenters. The zero-order valence-corrected chi connectivity index (χ0v) is 13.7. The Balaban J connectivity index is 1.55. The number of amides is 1. The summed E-state index contributed by atoms with van der Waals surface area (Å²) >= 11 is 0. The molecule has 0 aliphatic heterocycles. The molecule has 3 rings (SSSR count). The third-order valence-electron chi connectivity index (χ3n) is 4.00. The first-order valence-electron chi connectivity index (χ1n) is 8.23. The van der Waals surface area contributed by atoms with Gasteiger partial charge in [-0.15, -0.1) is 0 Å². The third-order valence-corrected chi connectivity index (χ3v) is 4.00. The lowest BCUT2D eigenvalue weighted by Crippen LogP contribution is -2.34. The van der Waals surface area contributed by atoms with Crippen molar-refractivity contribution in [3.63, 3.8) is 0 Å². The van der Waals surface area contributed by atoms with Crippen LogP contribution in [0.4, 0.5) is 14.5 Å². The number of carbonyl (C=O) groups is 1. The predicted molar refractivity (Wildman–Crippen MR) is 91.6 cm³/mol. The molecule has 0 radical (unpaired) electrons. The number of alkyl halides is 2. The Hall–Kier alpha value is -2.47. The highest BCUT2D eigenvalue weighted by Gasteiger charge is 2.30. The van der Waals surface area contributed by atoms with Crippen LogP contribution >= 0.6 is 0 Å². The Morgan fingerprint density at radius 3 is 2.40 bits per heavy atom. The highest BCUT2D eigenvalue weighted by atomic mass is 19.3. The van der Waals surface area contributed by atoms with Gasteiger partial charge in [0.05, 0.1) is 6.54 Å². The SMILES string of the molecule is O=C(CN(Cc1ccccc1)C1CC1)Nc1ccc(OC(F)F)cc1. The van der Waals surface area contributed by atoms with Gasteiger partial charge in [0.1, 0.15) is 5.75 Å². The van der Waals surface area contributed by atoms with Gasteiger partial charge in [-0.3, -0.25) is 9.69 Å². The second-order valence-electron chi connectivity index (χ2n) is 6.07. The van der Waals surface area contributed by atoms with E-state index in [0.29, 0.717) is 18.3 Å². The minimum atomic E-state index is -2.86. The normalized spacial score (nSPS) is 13.9. The molecule has 1 amide bonds. The zero-order valence-electron chi connectivity index (χ0n) is 13.7. The number of hydrogen-bond acceptors (Lipinski definition) is 3. The van der Waals surface area contributed by atoms with E-state index >= 15 is 0 Å². The summed E-state index contributed by atoms with van der Waals surface area (Å²) in [6.45, 7) is -1.82. The number of anilines is 1. The van der Waals surface area contributed by atoms with Gasteiger partial charge in [0.15, 0.2) is 0 Å². The van der Waals surface area contributed by atoms with Gasteiger partial charge in [-0.25, -0.2) is 0 Å². The van der Waals surface area contributed by atoms with Crippen LogP contribution in [0.3, 0.4) is 0 Å². The standard InChI is InChI=1S/C19H20F2N2O2/c20-19(21)25-17-10-6-15(7-11-17)22-18(24)13-23(16-8-9-16)12-14-4-2-1-3-5-14/h1-7,10-11,16,19H,8-9,12-13H2,(H,22,24). The number of carbonyl (C=O) groups excluding carboxylic acids is 1. The topological polar surface area (TPSA) is 41.6 Å². The Kier molecular flexibility index (Phi) is 5.60. The minimum Gasteiger partial charge on any atom is -0.435 e. The monoisotopic (exact) mass is 346 g/mol. The van der Waals surface area contributed by atoms with Crippen molar-refractivity contribution in [3.8, 4) is 5.75 Å². The van der Waals surface area contributed by atoms with Gasteiger partial charge in [0.25, 0.3) is 0 Å². The summed E-state index contributed by atoms with van der Waals surface area (Å²) in [5, 5.41) is 2.80. The van der Waals surface area contributed by atoms with Gasteiger partial charge in [0.2, 0.25) is 5.91 Å². The predicted octanol–water partition coefficient (Wildman–Crippen LogP) is 3.89. The lowest BCUT2D eigenvalue weighted by molar-refractivity contribution is -0.117. The molecule has 0 heterocycles. The lowest BCUT2D eigenvalue weighted by Gasteiger charge is -2.21. The van der Waals surface area contributed by atoms with Gasteiger partial charge >= 0.3 is 6.61 Å². The van der Waals surface area contributed by atoms with Crippen LogP contribution in [0.15, 0.2) is 54.6 Å². The summed E-state index contributed by atoms with van der Waals surface area (Å²) < 4.78 is 28.6. The number of benzene rings is 2. The molecule has 1 aliphatic carbocycles. The Bertz CT molecular complexity index is 688. The molecule has 0 saturated heterocycles. The van der Waals surface area contributed by atoms with Crippen molar-refractivity contribution in [2.45, 2.75) is 32.0 Å². The number of nitrogens with one attached hydrogen (secondary N) is 1. The maximum atomic E-state index is 12.3. The third kappa shape index (κ3) is 5.53. The summed E-state index contributed by atoms with van der Waals surface area (Å²) in [7, 11) is 0. The number of hydrogen-bond donors (Lipinski definition) is 1. The molecule has 0 atom stereocenters. The minimum absolute atomic E-state index is 0.0664. The molecule has 1 saturated carbocycles. The van der Waals surface area contributed by atoms with Crippen molar-refractivity contribution in [3.05, 3.63) is 60.2 Å². The summed E-state index contributed by atoms with van der Waals surface area (Å²) in [5.41, 5.74) is 1.73. The van der Waals surface area contributed by atoms with Gasteiger partial charge in [-0.1, -0.05) is 30.3 Å². The van der Waals surface area contributed by atoms with Crippen LogP contribution in [0, 0.1) is 0 Å². The quantitative estimate of drug-likeness (QED) is 0.788. The van der Waals surface area contributed by atoms with Crippen molar-refractivity contribution in [1.29, 1.82) is 0 Å². The molecular weight excluding hydrogens is 326 g/mol. The molecule has 6 heteroatoms. The van der Waals surface area contributed by atoms with Crippen LogP contribution in [-0.4, -0.2) is 30.0 Å². The molecule has 132 valence electrons. The highest BCUT2D eigenvalue weighted by Crippen LogP contribution is 2.28. The van der Waals surface area contributed by atoms with Crippen molar-refractivity contribution in [2.75, 3.05) is 11.9 Å². The van der Waals surface area contributed by atoms with Gasteiger partial charge in [-0.05, 0) is 42.7 Å². The molecule has 0 bridgehead atoms. The molecule has 2 aromatic rings. The van der Waals surface area contributed by atoms with Crippen LogP contribution in [0.2, 0.25) is 0 Å². The van der Waals surface area contributed by atoms with E-state index in [9.17, 15) is 13.6 Å². The molecule has 0 aromatic heterocycles. The first kappa shape index (κ1) is 17.4. The van der Waals surface area contributed by atoms with E-state index in [1.165, 1.54) is 17.7 Å². The Labute approximate surface area is 145 Å². The van der Waals surface area contributed by atoms with E-state index in [1.807, 2.05) is 18.2 Å². The van der Waals surface area contributed by atoms with Crippen LogP contribution in [0.1, 0.15) is 18.4 Å². The lowest BCUT2D eigenvalue weighted by atomic mass is 10.2. The van der Waals surface area contributed by atoms with Crippen LogP contribution < -0.4 is 10.1 Å². The molecule has 0 spiro atoms. The molecule has 25 heavy (non-hydrogen) atoms. The summed E-state index contributed by atoms with van der Waals surface area (Å²) in [6, 6.07) is 16.4. The van der Waals surface area contributed by atoms with Crippen molar-refractivity contribution in [1.82, 2.24) is 4.90 Å². The average Bonchev–Trinajstić information content (AvgIpc) is 3.41. The zero-order chi connectivity index (χ0) is 17.6. The Morgan fingerprint density at radius 1 is 1.12 bits per heavy atom. The van der Waals surface area contributed by atoms with Gasteiger partial charge < -0.3 is 10.1 Å². The number of nitrogens with zero attached hydrogens (tertiary/aromatic N) is 1. The molecule has 1 aliphatic rings. The highest BCUT2D eigenvalue weighted by molar-refractivity contribution is 5.92. The van der Waals surface area contributed by atoms with Crippen LogP contribution in [0.5, 0.6) is 5.75 Å². The summed E-state index contributed by atoms with van der Waals surface area (Å²) in [6.07, 6.45) is 2.22. The van der Waals surface area contributed by atoms with E-state index in [1.54, 1.807) is 12.1 Å². The van der Waals surface area contributed by atoms with E-state index in [4.69, 9.17) is 0 Å². The second kappa shape index (κ2) is 8.07. The molecule has 1 N–H and O–H groups in total. The molecule has 2 aromatic carbocycles. The van der Waals surface area contributed by atoms with Gasteiger partial charge in [0, 0.05) is 18.3 Å². The van der Waals surface area contributed by atoms with E-state index in [-0.39, 0.29) is 11.7 Å². The first-order valence-corrected chi connectivity index (χ1v) is 8.23. The van der Waals surface area contributed by atoms with E-state index in [2.05, 4.69) is 27.1 Å². The number of ether oxygens (including phenoxy) is 1. The molecule has 4 nitrogen and oxygen atoms in total. The Morgan fingerprint density at radius 2 is 1.80 bits per heavy atom. The van der Waals surface area contributed by atoms with Crippen LogP contribution in [0.25, 0.3) is 0 Å². The molecule has 1 fully saturated rings. The number of rotatable bonds is 8. The number of halogens is 2. The van der Waals surface area contributed by atoms with Gasteiger partial charge in [-0.2, -0.15) is 8.78 Å². The first-order chi connectivity index (χ1) is 12.1.